The molecule has 2 atom stereocenters. The van der Waals surface area contributed by atoms with Crippen molar-refractivity contribution in [3.8, 4) is 0 Å². The highest BCUT2D eigenvalue weighted by atomic mass is 32.2. The minimum Gasteiger partial charge on any atom is -0.378 e. The number of hydrogen-bond donors (Lipinski definition) is 1. The topological polar surface area (TPSA) is 52.6 Å². The molecule has 0 amide bonds. The molecule has 0 saturated carbocycles. The van der Waals surface area contributed by atoms with E-state index in [1.165, 1.54) is 0 Å². The van der Waals surface area contributed by atoms with E-state index in [1.54, 1.807) is 0 Å². The first-order chi connectivity index (χ1) is 9.37. The predicted octanol–water partition coefficient (Wildman–Crippen LogP) is 0.613. The molecule has 2 aliphatic rings. The van der Waals surface area contributed by atoms with Crippen LogP contribution in [-0.2, 0) is 9.84 Å². The van der Waals surface area contributed by atoms with Gasteiger partial charge in [-0.05, 0) is 30.4 Å². The lowest BCUT2D eigenvalue weighted by Gasteiger charge is -2.24. The lowest BCUT2D eigenvalue weighted by atomic mass is 10.1. The quantitative estimate of drug-likeness (QED) is 0.808. The van der Waals surface area contributed by atoms with Gasteiger partial charge < -0.3 is 15.1 Å². The smallest absolute Gasteiger partial charge is 0.174 e. The predicted molar refractivity (Wildman–Crippen MR) is 85.2 cm³/mol. The third-order valence-electron chi connectivity index (χ3n) is 3.81. The van der Waals surface area contributed by atoms with Crippen molar-refractivity contribution in [3.63, 3.8) is 0 Å². The minimum atomic E-state index is -2.97. The number of rotatable bonds is 2. The van der Waals surface area contributed by atoms with Crippen LogP contribution in [0, 0.1) is 0 Å². The van der Waals surface area contributed by atoms with Gasteiger partial charge in [0.25, 0.3) is 0 Å². The van der Waals surface area contributed by atoms with Gasteiger partial charge in [0.1, 0.15) is 0 Å². The summed E-state index contributed by atoms with van der Waals surface area (Å²) in [5, 5.41) is 3.75. The molecule has 3 rings (SSSR count). The Hall–Kier alpha value is -1.34. The molecule has 1 aromatic carbocycles. The van der Waals surface area contributed by atoms with Gasteiger partial charge >= 0.3 is 0 Å². The molecule has 0 aromatic heterocycles. The van der Waals surface area contributed by atoms with Crippen LogP contribution in [0.1, 0.15) is 0 Å². The zero-order chi connectivity index (χ0) is 14.5. The Morgan fingerprint density at radius 3 is 2.80 bits per heavy atom. The summed E-state index contributed by atoms with van der Waals surface area (Å²) in [6.45, 7) is 0. The summed E-state index contributed by atoms with van der Waals surface area (Å²) in [5.41, 5.74) is 2.01. The highest BCUT2D eigenvalue weighted by Crippen LogP contribution is 2.31. The summed E-state index contributed by atoms with van der Waals surface area (Å²) >= 11 is 5.37. The van der Waals surface area contributed by atoms with Gasteiger partial charge in [-0.1, -0.05) is 6.07 Å². The van der Waals surface area contributed by atoms with Gasteiger partial charge in [-0.2, -0.15) is 0 Å². The van der Waals surface area contributed by atoms with E-state index < -0.39 is 9.84 Å². The SMILES string of the molecule is CN(C)c1cccc(N2C(=S)N[C@@H]3CS(=O)(=O)C[C@H]32)c1. The number of fused-ring (bicyclic) bond motifs is 1. The first-order valence-corrected chi connectivity index (χ1v) is 8.68. The third-order valence-corrected chi connectivity index (χ3v) is 5.84. The molecule has 0 bridgehead atoms. The van der Waals surface area contributed by atoms with Crippen LogP contribution in [0.5, 0.6) is 0 Å². The van der Waals surface area contributed by atoms with Crippen molar-refractivity contribution in [2.24, 2.45) is 0 Å². The second kappa shape index (κ2) is 4.60. The Morgan fingerprint density at radius 1 is 1.35 bits per heavy atom. The molecule has 20 heavy (non-hydrogen) atoms. The van der Waals surface area contributed by atoms with Crippen molar-refractivity contribution in [1.82, 2.24) is 5.32 Å². The molecule has 2 fully saturated rings. The summed E-state index contributed by atoms with van der Waals surface area (Å²) in [5.74, 6) is 0.332. The summed E-state index contributed by atoms with van der Waals surface area (Å²) in [6.07, 6.45) is 0. The fraction of sp³-hybridized carbons (Fsp3) is 0.462. The van der Waals surface area contributed by atoms with E-state index in [1.807, 2.05) is 48.2 Å². The van der Waals surface area contributed by atoms with E-state index in [0.717, 1.165) is 11.4 Å². The third kappa shape index (κ3) is 2.25. The van der Waals surface area contributed by atoms with Crippen LogP contribution in [0.15, 0.2) is 24.3 Å². The maximum atomic E-state index is 11.8. The van der Waals surface area contributed by atoms with Gasteiger partial charge in [-0.15, -0.1) is 0 Å². The summed E-state index contributed by atoms with van der Waals surface area (Å²) in [4.78, 5) is 3.95. The fourth-order valence-corrected chi connectivity index (χ4v) is 5.11. The van der Waals surface area contributed by atoms with Crippen LogP contribution in [-0.4, -0.2) is 51.2 Å². The van der Waals surface area contributed by atoms with Gasteiger partial charge in [0.05, 0.1) is 23.6 Å². The second-order valence-corrected chi connectivity index (χ2v) is 8.03. The van der Waals surface area contributed by atoms with Crippen molar-refractivity contribution in [3.05, 3.63) is 24.3 Å². The molecule has 1 N–H and O–H groups in total. The van der Waals surface area contributed by atoms with E-state index in [0.29, 0.717) is 5.11 Å². The molecule has 5 nitrogen and oxygen atoms in total. The second-order valence-electron chi connectivity index (χ2n) is 5.48. The van der Waals surface area contributed by atoms with Crippen LogP contribution in [0.3, 0.4) is 0 Å². The molecule has 108 valence electrons. The standard InChI is InChI=1S/C13H17N3O2S2/c1-15(2)9-4-3-5-10(6-9)16-12-8-20(17,18)7-11(12)14-13(16)19/h3-6,11-12H,7-8H2,1-2H3,(H,14,19)/t11-,12-/m1/s1. The molecule has 2 heterocycles. The van der Waals surface area contributed by atoms with E-state index in [9.17, 15) is 8.42 Å². The van der Waals surface area contributed by atoms with Crippen molar-refractivity contribution < 1.29 is 8.42 Å². The van der Waals surface area contributed by atoms with Crippen molar-refractivity contribution >= 4 is 38.5 Å². The Balaban J connectivity index is 1.97. The van der Waals surface area contributed by atoms with Crippen molar-refractivity contribution in [1.29, 1.82) is 0 Å². The average molecular weight is 311 g/mol. The molecular weight excluding hydrogens is 294 g/mol. The van der Waals surface area contributed by atoms with Gasteiger partial charge in [0, 0.05) is 25.5 Å². The number of thiocarbonyl (C=S) groups is 1. The van der Waals surface area contributed by atoms with Crippen LogP contribution in [0.2, 0.25) is 0 Å². The number of benzene rings is 1. The number of hydrogen-bond acceptors (Lipinski definition) is 4. The highest BCUT2D eigenvalue weighted by Gasteiger charge is 2.47. The van der Waals surface area contributed by atoms with E-state index >= 15 is 0 Å². The van der Waals surface area contributed by atoms with Gasteiger partial charge in [0.15, 0.2) is 14.9 Å². The molecule has 0 unspecified atom stereocenters. The van der Waals surface area contributed by atoms with Crippen LogP contribution < -0.4 is 15.1 Å². The lowest BCUT2D eigenvalue weighted by Crippen LogP contribution is -2.36. The number of sulfone groups is 1. The maximum Gasteiger partial charge on any atom is 0.174 e. The fourth-order valence-electron chi connectivity index (χ4n) is 2.83. The zero-order valence-corrected chi connectivity index (χ0v) is 13.0. The molecule has 7 heteroatoms. The maximum absolute atomic E-state index is 11.8. The summed E-state index contributed by atoms with van der Waals surface area (Å²) < 4.78 is 23.6. The van der Waals surface area contributed by atoms with Gasteiger partial charge in [0.2, 0.25) is 0 Å². The average Bonchev–Trinajstić information content (AvgIpc) is 2.79. The summed E-state index contributed by atoms with van der Waals surface area (Å²) in [6, 6.07) is 7.79. The number of anilines is 2. The molecule has 0 radical (unpaired) electrons. The first kappa shape index (κ1) is 13.6. The highest BCUT2D eigenvalue weighted by molar-refractivity contribution is 7.91. The molecule has 1 aromatic rings. The van der Waals surface area contributed by atoms with E-state index in [4.69, 9.17) is 12.2 Å². The molecular formula is C13H17N3O2S2. The number of nitrogens with one attached hydrogen (secondary N) is 1. The van der Waals surface area contributed by atoms with Crippen molar-refractivity contribution in [2.75, 3.05) is 35.4 Å². The molecule has 0 aliphatic carbocycles. The summed E-state index contributed by atoms with van der Waals surface area (Å²) in [7, 11) is 0.979. The van der Waals surface area contributed by atoms with Gasteiger partial charge in [-0.3, -0.25) is 0 Å². The van der Waals surface area contributed by atoms with Crippen LogP contribution in [0.4, 0.5) is 11.4 Å². The number of nitrogens with zero attached hydrogens (tertiary/aromatic N) is 2. The van der Waals surface area contributed by atoms with Gasteiger partial charge in [-0.25, -0.2) is 8.42 Å². The normalized spacial score (nSPS) is 27.3. The first-order valence-electron chi connectivity index (χ1n) is 6.45. The Bertz CT molecular complexity index is 657. The van der Waals surface area contributed by atoms with Crippen LogP contribution in [0.25, 0.3) is 0 Å². The minimum absolute atomic E-state index is 0.0875. The van der Waals surface area contributed by atoms with Crippen LogP contribution >= 0.6 is 12.2 Å². The molecule has 2 aliphatic heterocycles. The largest absolute Gasteiger partial charge is 0.378 e. The monoisotopic (exact) mass is 311 g/mol. The zero-order valence-electron chi connectivity index (χ0n) is 11.4. The Labute approximate surface area is 124 Å². The van der Waals surface area contributed by atoms with E-state index in [-0.39, 0.29) is 23.6 Å². The Morgan fingerprint density at radius 2 is 2.10 bits per heavy atom. The lowest BCUT2D eigenvalue weighted by molar-refractivity contribution is 0.600. The van der Waals surface area contributed by atoms with Crippen molar-refractivity contribution in [2.45, 2.75) is 12.1 Å². The molecule has 2 saturated heterocycles. The Kier molecular flexibility index (Phi) is 3.13. The molecule has 0 spiro atoms. The van der Waals surface area contributed by atoms with E-state index in [2.05, 4.69) is 5.32 Å².